The largest absolute Gasteiger partial charge is 0.484 e. The monoisotopic (exact) mass is 438 g/mol. The molecule has 9 heteroatoms. The van der Waals surface area contributed by atoms with Gasteiger partial charge in [0.25, 0.3) is 5.91 Å². The highest BCUT2D eigenvalue weighted by molar-refractivity contribution is 6.34. The van der Waals surface area contributed by atoms with Crippen LogP contribution in [0.2, 0.25) is 10.0 Å². The predicted octanol–water partition coefficient (Wildman–Crippen LogP) is 3.71. The van der Waals surface area contributed by atoms with Crippen molar-refractivity contribution in [2.75, 3.05) is 19.7 Å². The van der Waals surface area contributed by atoms with Crippen molar-refractivity contribution in [2.45, 2.75) is 38.5 Å². The first-order valence-corrected chi connectivity index (χ1v) is 10.5. The number of aromatic amines is 1. The third-order valence-electron chi connectivity index (χ3n) is 5.12. The molecule has 2 heterocycles. The molecule has 1 aliphatic rings. The van der Waals surface area contributed by atoms with Crippen LogP contribution in [0.15, 0.2) is 24.4 Å². The summed E-state index contributed by atoms with van der Waals surface area (Å²) in [6.45, 7) is 1.34. The Morgan fingerprint density at radius 1 is 1.14 bits per heavy atom. The van der Waals surface area contributed by atoms with Crippen molar-refractivity contribution in [3.05, 3.63) is 40.1 Å². The van der Waals surface area contributed by atoms with E-state index in [9.17, 15) is 9.59 Å². The van der Waals surface area contributed by atoms with E-state index in [-0.39, 0.29) is 18.3 Å². The van der Waals surface area contributed by atoms with Crippen LogP contribution < -0.4 is 4.74 Å². The number of amides is 1. The number of carbonyl (C=O) groups excluding carboxylic acids is 2. The number of benzene rings is 1. The van der Waals surface area contributed by atoms with Crippen LogP contribution >= 0.6 is 23.2 Å². The van der Waals surface area contributed by atoms with Crippen molar-refractivity contribution < 1.29 is 14.3 Å². The van der Waals surface area contributed by atoms with Gasteiger partial charge in [0.1, 0.15) is 11.5 Å². The molecule has 29 heavy (non-hydrogen) atoms. The van der Waals surface area contributed by atoms with Gasteiger partial charge in [-0.3, -0.25) is 9.59 Å². The number of aromatic nitrogens is 3. The van der Waals surface area contributed by atoms with Crippen molar-refractivity contribution >= 4 is 34.9 Å². The molecule has 1 aromatic heterocycles. The number of hydrogen-bond acceptors (Lipinski definition) is 5. The number of hydrogen-bond donors (Lipinski definition) is 1. The van der Waals surface area contributed by atoms with Crippen LogP contribution in [-0.4, -0.2) is 51.7 Å². The molecular formula is C20H24Cl2N4O3. The van der Waals surface area contributed by atoms with Crippen molar-refractivity contribution in [3.8, 4) is 5.75 Å². The summed E-state index contributed by atoms with van der Waals surface area (Å²) in [6.07, 6.45) is 6.03. The van der Waals surface area contributed by atoms with Crippen LogP contribution in [0.3, 0.4) is 0 Å². The Kier molecular flexibility index (Phi) is 7.89. The number of H-pyrrole nitrogens is 1. The van der Waals surface area contributed by atoms with Gasteiger partial charge in [0.2, 0.25) is 0 Å². The second-order valence-electron chi connectivity index (χ2n) is 7.26. The molecule has 0 saturated carbocycles. The highest BCUT2D eigenvalue weighted by atomic mass is 35.5. The molecule has 0 bridgehead atoms. The molecule has 1 N–H and O–H groups in total. The second-order valence-corrected chi connectivity index (χ2v) is 8.13. The minimum Gasteiger partial charge on any atom is -0.484 e. The summed E-state index contributed by atoms with van der Waals surface area (Å²) in [7, 11) is 0. The van der Waals surface area contributed by atoms with Crippen LogP contribution in [0, 0.1) is 5.92 Å². The molecule has 1 aliphatic heterocycles. The first-order valence-electron chi connectivity index (χ1n) is 9.72. The first kappa shape index (κ1) is 21.6. The van der Waals surface area contributed by atoms with Crippen molar-refractivity contribution in [3.63, 3.8) is 0 Å². The van der Waals surface area contributed by atoms with Crippen LogP contribution in [0.1, 0.15) is 37.8 Å². The third-order valence-corrected chi connectivity index (χ3v) is 5.56. The summed E-state index contributed by atoms with van der Waals surface area (Å²) >= 11 is 11.9. The Morgan fingerprint density at radius 3 is 2.52 bits per heavy atom. The minimum absolute atomic E-state index is 0.0398. The number of nitrogens with one attached hydrogen (secondary N) is 1. The molecule has 0 aliphatic carbocycles. The van der Waals surface area contributed by atoms with E-state index in [1.807, 2.05) is 4.90 Å². The highest BCUT2D eigenvalue weighted by Crippen LogP contribution is 2.25. The molecule has 1 aromatic carbocycles. The number of ketones is 1. The molecule has 0 unspecified atom stereocenters. The van der Waals surface area contributed by atoms with Crippen LogP contribution in [0.25, 0.3) is 0 Å². The number of likely N-dealkylation sites (tertiary alicyclic amines) is 1. The fraction of sp³-hybridized carbons (Fsp3) is 0.500. The lowest BCUT2D eigenvalue weighted by Crippen LogP contribution is -2.41. The lowest BCUT2D eigenvalue weighted by atomic mass is 9.90. The van der Waals surface area contributed by atoms with E-state index in [1.165, 1.54) is 0 Å². The van der Waals surface area contributed by atoms with E-state index in [0.717, 1.165) is 25.0 Å². The Bertz CT molecular complexity index is 801. The van der Waals surface area contributed by atoms with Crippen LogP contribution in [0.4, 0.5) is 0 Å². The summed E-state index contributed by atoms with van der Waals surface area (Å²) in [6, 6.07) is 4.88. The average molecular weight is 439 g/mol. The topological polar surface area (TPSA) is 88.2 Å². The van der Waals surface area contributed by atoms with Crippen molar-refractivity contribution in [1.29, 1.82) is 0 Å². The molecule has 1 amide bonds. The molecule has 2 aromatic rings. The minimum atomic E-state index is -0.0526. The van der Waals surface area contributed by atoms with E-state index < -0.39 is 0 Å². The van der Waals surface area contributed by atoms with E-state index in [0.29, 0.717) is 54.1 Å². The van der Waals surface area contributed by atoms with Crippen LogP contribution in [0.5, 0.6) is 5.75 Å². The molecule has 156 valence electrons. The number of ether oxygens (including phenoxy) is 1. The van der Waals surface area contributed by atoms with Gasteiger partial charge < -0.3 is 9.64 Å². The molecule has 0 spiro atoms. The van der Waals surface area contributed by atoms with Crippen molar-refractivity contribution in [1.82, 2.24) is 20.3 Å². The molecule has 7 nitrogen and oxygen atoms in total. The van der Waals surface area contributed by atoms with E-state index in [2.05, 4.69) is 15.4 Å². The van der Waals surface area contributed by atoms with Gasteiger partial charge in [0.15, 0.2) is 6.61 Å². The number of nitrogens with zero attached hydrogens (tertiary/aromatic N) is 3. The number of piperidine rings is 1. The molecule has 1 saturated heterocycles. The smallest absolute Gasteiger partial charge is 0.260 e. The number of carbonyl (C=O) groups is 2. The molecule has 0 radical (unpaired) electrons. The molecule has 3 rings (SSSR count). The van der Waals surface area contributed by atoms with Gasteiger partial charge >= 0.3 is 0 Å². The van der Waals surface area contributed by atoms with Gasteiger partial charge in [-0.15, -0.1) is 0 Å². The SMILES string of the molecule is O=C(CCc1cn[nH]n1)CCC1CCN(C(=O)COc2cc(Cl)cc(Cl)c2)CC1. The number of Topliss-reactive ketones (excluding diaryl/α,β-unsaturated/α-hetero) is 1. The number of rotatable bonds is 9. The maximum atomic E-state index is 12.4. The van der Waals surface area contributed by atoms with Gasteiger partial charge in [-0.2, -0.15) is 15.4 Å². The summed E-state index contributed by atoms with van der Waals surface area (Å²) in [5, 5.41) is 11.2. The maximum absolute atomic E-state index is 12.4. The van der Waals surface area contributed by atoms with Gasteiger partial charge in [-0.25, -0.2) is 0 Å². The normalized spacial score (nSPS) is 14.8. The van der Waals surface area contributed by atoms with Gasteiger partial charge in [0.05, 0.1) is 11.9 Å². The zero-order valence-electron chi connectivity index (χ0n) is 16.1. The maximum Gasteiger partial charge on any atom is 0.260 e. The fourth-order valence-corrected chi connectivity index (χ4v) is 3.93. The zero-order valence-corrected chi connectivity index (χ0v) is 17.6. The second kappa shape index (κ2) is 10.6. The molecule has 1 fully saturated rings. The third kappa shape index (κ3) is 7.01. The Morgan fingerprint density at radius 2 is 1.86 bits per heavy atom. The summed E-state index contributed by atoms with van der Waals surface area (Å²) in [5.74, 6) is 1.15. The van der Waals surface area contributed by atoms with E-state index >= 15 is 0 Å². The van der Waals surface area contributed by atoms with Crippen molar-refractivity contribution in [2.24, 2.45) is 5.92 Å². The van der Waals surface area contributed by atoms with E-state index in [1.54, 1.807) is 24.4 Å². The summed E-state index contributed by atoms with van der Waals surface area (Å²) in [5.41, 5.74) is 0.812. The summed E-state index contributed by atoms with van der Waals surface area (Å²) in [4.78, 5) is 26.3. The quantitative estimate of drug-likeness (QED) is 0.644. The first-order chi connectivity index (χ1) is 14.0. The lowest BCUT2D eigenvalue weighted by Gasteiger charge is -2.32. The lowest BCUT2D eigenvalue weighted by molar-refractivity contribution is -0.135. The van der Waals surface area contributed by atoms with Gasteiger partial charge in [0, 0.05) is 36.0 Å². The highest BCUT2D eigenvalue weighted by Gasteiger charge is 2.23. The standard InChI is InChI=1S/C20H24Cl2N4O3/c21-15-9-16(22)11-19(10-15)29-13-20(28)26-7-5-14(6-8-26)1-3-18(27)4-2-17-12-23-25-24-17/h9-12,14H,1-8,13H2,(H,23,24,25). The number of halogens is 2. The zero-order chi connectivity index (χ0) is 20.6. The molecular weight excluding hydrogens is 415 g/mol. The Labute approximate surface area is 179 Å². The van der Waals surface area contributed by atoms with Gasteiger partial charge in [-0.05, 0) is 49.8 Å². The van der Waals surface area contributed by atoms with Gasteiger partial charge in [-0.1, -0.05) is 23.2 Å². The Hall–Kier alpha value is -2.12. The van der Waals surface area contributed by atoms with E-state index in [4.69, 9.17) is 27.9 Å². The van der Waals surface area contributed by atoms with Crippen LogP contribution in [-0.2, 0) is 16.0 Å². The fourth-order valence-electron chi connectivity index (χ4n) is 3.42. The average Bonchev–Trinajstić information content (AvgIpc) is 3.22. The molecule has 0 atom stereocenters. The number of aryl methyl sites for hydroxylation is 1. The predicted molar refractivity (Wildman–Crippen MR) is 110 cm³/mol. The Balaban J connectivity index is 1.33. The summed E-state index contributed by atoms with van der Waals surface area (Å²) < 4.78 is 5.53.